The van der Waals surface area contributed by atoms with Crippen LogP contribution in [0.25, 0.3) is 0 Å². The van der Waals surface area contributed by atoms with Gasteiger partial charge in [-0.3, -0.25) is 0 Å². The Morgan fingerprint density at radius 1 is 1.30 bits per heavy atom. The van der Waals surface area contributed by atoms with E-state index < -0.39 is 0 Å². The molecular weight excluding hydrogens is 290 g/mol. The molecule has 1 aromatic rings. The van der Waals surface area contributed by atoms with Crippen LogP contribution in [-0.2, 0) is 16.0 Å². The summed E-state index contributed by atoms with van der Waals surface area (Å²) in [5.41, 5.74) is 1.21. The molecule has 1 aliphatic heterocycles. The molecule has 128 valence electrons. The third-order valence-electron chi connectivity index (χ3n) is 3.69. The lowest BCUT2D eigenvalue weighted by Gasteiger charge is -2.12. The number of rotatable bonds is 9. The lowest BCUT2D eigenvalue weighted by molar-refractivity contribution is 0.0168. The highest BCUT2D eigenvalue weighted by atomic mass is 16.5. The standard InChI is InChI=1S/C18H29N3O2/c1-2-19-18(21-14-16-8-4-3-5-9-16)20-11-7-12-22-15-17-10-6-13-23-17/h3-5,8-9,17H,2,6-7,10-15H2,1H3,(H2,19,20,21). The minimum absolute atomic E-state index is 0.313. The average Bonchev–Trinajstić information content (AvgIpc) is 3.10. The first kappa shape index (κ1) is 17.8. The summed E-state index contributed by atoms with van der Waals surface area (Å²) in [6.07, 6.45) is 3.57. The van der Waals surface area contributed by atoms with Crippen molar-refractivity contribution in [2.75, 3.05) is 32.9 Å². The second-order valence-electron chi connectivity index (χ2n) is 5.67. The Morgan fingerprint density at radius 2 is 2.17 bits per heavy atom. The van der Waals surface area contributed by atoms with Crippen molar-refractivity contribution in [1.29, 1.82) is 0 Å². The highest BCUT2D eigenvalue weighted by Gasteiger charge is 2.14. The minimum atomic E-state index is 0.313. The number of nitrogens with zero attached hydrogens (tertiary/aromatic N) is 1. The first-order valence-corrected chi connectivity index (χ1v) is 8.64. The molecule has 0 spiro atoms. The molecule has 1 aliphatic rings. The molecule has 0 aromatic heterocycles. The molecule has 0 bridgehead atoms. The molecule has 1 unspecified atom stereocenters. The number of nitrogens with one attached hydrogen (secondary N) is 2. The molecule has 1 atom stereocenters. The van der Waals surface area contributed by atoms with Crippen LogP contribution in [0.4, 0.5) is 0 Å². The maximum absolute atomic E-state index is 5.66. The summed E-state index contributed by atoms with van der Waals surface area (Å²) in [5.74, 6) is 0.857. The van der Waals surface area contributed by atoms with Crippen molar-refractivity contribution in [3.05, 3.63) is 35.9 Å². The summed E-state index contributed by atoms with van der Waals surface area (Å²) >= 11 is 0. The minimum Gasteiger partial charge on any atom is -0.379 e. The summed E-state index contributed by atoms with van der Waals surface area (Å²) < 4.78 is 11.2. The van der Waals surface area contributed by atoms with Crippen LogP contribution < -0.4 is 10.6 Å². The third kappa shape index (κ3) is 7.48. The van der Waals surface area contributed by atoms with Gasteiger partial charge in [0.25, 0.3) is 0 Å². The van der Waals surface area contributed by atoms with Crippen LogP contribution in [0.2, 0.25) is 0 Å². The van der Waals surface area contributed by atoms with E-state index in [9.17, 15) is 0 Å². The fourth-order valence-corrected chi connectivity index (χ4v) is 2.47. The first-order chi connectivity index (χ1) is 11.4. The van der Waals surface area contributed by atoms with Crippen LogP contribution in [0.1, 0.15) is 31.7 Å². The average molecular weight is 319 g/mol. The van der Waals surface area contributed by atoms with Crippen molar-refractivity contribution in [2.24, 2.45) is 4.99 Å². The molecule has 1 aromatic carbocycles. The van der Waals surface area contributed by atoms with E-state index in [-0.39, 0.29) is 0 Å². The lowest BCUT2D eigenvalue weighted by atomic mass is 10.2. The Morgan fingerprint density at radius 3 is 2.91 bits per heavy atom. The summed E-state index contributed by atoms with van der Waals surface area (Å²) in [4.78, 5) is 4.60. The fourth-order valence-electron chi connectivity index (χ4n) is 2.47. The zero-order chi connectivity index (χ0) is 16.2. The van der Waals surface area contributed by atoms with Crippen molar-refractivity contribution in [3.63, 3.8) is 0 Å². The third-order valence-corrected chi connectivity index (χ3v) is 3.69. The van der Waals surface area contributed by atoms with Crippen molar-refractivity contribution in [3.8, 4) is 0 Å². The second-order valence-corrected chi connectivity index (χ2v) is 5.67. The Labute approximate surface area is 139 Å². The van der Waals surface area contributed by atoms with Gasteiger partial charge in [0, 0.05) is 26.3 Å². The Balaban J connectivity index is 1.59. The molecular formula is C18H29N3O2. The van der Waals surface area contributed by atoms with E-state index in [0.29, 0.717) is 12.6 Å². The van der Waals surface area contributed by atoms with E-state index in [1.54, 1.807) is 0 Å². The van der Waals surface area contributed by atoms with E-state index in [4.69, 9.17) is 9.47 Å². The largest absolute Gasteiger partial charge is 0.379 e. The predicted octanol–water partition coefficient (Wildman–Crippen LogP) is 2.33. The smallest absolute Gasteiger partial charge is 0.191 e. The van der Waals surface area contributed by atoms with Gasteiger partial charge in [0.2, 0.25) is 0 Å². The maximum atomic E-state index is 5.66. The Hall–Kier alpha value is -1.59. The van der Waals surface area contributed by atoms with Crippen molar-refractivity contribution < 1.29 is 9.47 Å². The zero-order valence-corrected chi connectivity index (χ0v) is 14.1. The van der Waals surface area contributed by atoms with Crippen molar-refractivity contribution in [1.82, 2.24) is 10.6 Å². The van der Waals surface area contributed by atoms with Crippen LogP contribution in [0, 0.1) is 0 Å². The molecule has 2 N–H and O–H groups in total. The molecule has 0 amide bonds. The first-order valence-electron chi connectivity index (χ1n) is 8.64. The van der Waals surface area contributed by atoms with E-state index in [1.807, 2.05) is 18.2 Å². The molecule has 23 heavy (non-hydrogen) atoms. The maximum Gasteiger partial charge on any atom is 0.191 e. The topological polar surface area (TPSA) is 54.9 Å². The van der Waals surface area contributed by atoms with Gasteiger partial charge < -0.3 is 20.1 Å². The predicted molar refractivity (Wildman–Crippen MR) is 93.7 cm³/mol. The molecule has 5 heteroatoms. The fraction of sp³-hybridized carbons (Fsp3) is 0.611. The monoisotopic (exact) mass is 319 g/mol. The summed E-state index contributed by atoms with van der Waals surface area (Å²) in [7, 11) is 0. The zero-order valence-electron chi connectivity index (χ0n) is 14.1. The number of benzene rings is 1. The summed E-state index contributed by atoms with van der Waals surface area (Å²) in [6, 6.07) is 10.3. The highest BCUT2D eigenvalue weighted by Crippen LogP contribution is 2.11. The van der Waals surface area contributed by atoms with Gasteiger partial charge in [-0.1, -0.05) is 30.3 Å². The Bertz CT molecular complexity index is 445. The number of hydrogen-bond acceptors (Lipinski definition) is 3. The van der Waals surface area contributed by atoms with Gasteiger partial charge in [0.1, 0.15) is 0 Å². The van der Waals surface area contributed by atoms with Crippen LogP contribution in [-0.4, -0.2) is 45.0 Å². The molecule has 2 rings (SSSR count). The second kappa shape index (κ2) is 11.0. The van der Waals surface area contributed by atoms with E-state index in [0.717, 1.165) is 51.7 Å². The molecule has 0 aliphatic carbocycles. The van der Waals surface area contributed by atoms with Gasteiger partial charge in [-0.2, -0.15) is 0 Å². The molecule has 1 fully saturated rings. The number of aliphatic imine (C=N–C) groups is 1. The van der Waals surface area contributed by atoms with Gasteiger partial charge in [-0.15, -0.1) is 0 Å². The SMILES string of the molecule is CCNC(=NCc1ccccc1)NCCCOCC1CCCO1. The van der Waals surface area contributed by atoms with E-state index >= 15 is 0 Å². The van der Waals surface area contributed by atoms with Gasteiger partial charge in [0.05, 0.1) is 19.3 Å². The normalized spacial score (nSPS) is 18.1. The number of guanidine groups is 1. The van der Waals surface area contributed by atoms with Gasteiger partial charge >= 0.3 is 0 Å². The van der Waals surface area contributed by atoms with E-state index in [2.05, 4.69) is 34.7 Å². The van der Waals surface area contributed by atoms with Crippen LogP contribution in [0.3, 0.4) is 0 Å². The summed E-state index contributed by atoms with van der Waals surface area (Å²) in [6.45, 7) is 6.84. The number of ether oxygens (including phenoxy) is 2. The van der Waals surface area contributed by atoms with Crippen LogP contribution in [0.5, 0.6) is 0 Å². The Kier molecular flexibility index (Phi) is 8.51. The quantitative estimate of drug-likeness (QED) is 0.417. The number of hydrogen-bond donors (Lipinski definition) is 2. The molecule has 0 radical (unpaired) electrons. The molecule has 0 saturated carbocycles. The van der Waals surface area contributed by atoms with E-state index in [1.165, 1.54) is 12.0 Å². The van der Waals surface area contributed by atoms with Crippen molar-refractivity contribution >= 4 is 5.96 Å². The van der Waals surface area contributed by atoms with Crippen molar-refractivity contribution in [2.45, 2.75) is 38.8 Å². The lowest BCUT2D eigenvalue weighted by Crippen LogP contribution is -2.38. The highest BCUT2D eigenvalue weighted by molar-refractivity contribution is 5.79. The van der Waals surface area contributed by atoms with Gasteiger partial charge in [-0.05, 0) is 31.7 Å². The van der Waals surface area contributed by atoms with Gasteiger partial charge in [0.15, 0.2) is 5.96 Å². The van der Waals surface area contributed by atoms with Crippen LogP contribution in [0.15, 0.2) is 35.3 Å². The molecule has 1 saturated heterocycles. The summed E-state index contributed by atoms with van der Waals surface area (Å²) in [5, 5.41) is 6.61. The van der Waals surface area contributed by atoms with Gasteiger partial charge in [-0.25, -0.2) is 4.99 Å². The molecule has 1 heterocycles. The molecule has 5 nitrogen and oxygen atoms in total. The van der Waals surface area contributed by atoms with Crippen LogP contribution >= 0.6 is 0 Å².